The summed E-state index contributed by atoms with van der Waals surface area (Å²) in [6, 6.07) is 0. The molecule has 0 aromatic rings. The first-order valence-corrected chi connectivity index (χ1v) is 24.4. The molecular weight excluding hydrogens is 825 g/mol. The molecule has 64 heavy (non-hydrogen) atoms. The number of ether oxygens (including phenoxy) is 11. The first kappa shape index (κ1) is 44.4. The molecule has 0 radical (unpaired) electrons. The predicted octanol–water partition coefficient (Wildman–Crippen LogP) is 5.47. The third kappa shape index (κ3) is 7.38. The van der Waals surface area contributed by atoms with Gasteiger partial charge in [-0.05, 0) is 84.3 Å². The zero-order valence-electron chi connectivity index (χ0n) is 38.6. The van der Waals surface area contributed by atoms with E-state index < -0.39 is 34.1 Å². The fourth-order valence-electron chi connectivity index (χ4n) is 14.0. The quantitative estimate of drug-likeness (QED) is 0.165. The number of carbonyl (C=O) groups excluding carboxylic acids is 2. The lowest BCUT2D eigenvalue weighted by atomic mass is 9.72. The van der Waals surface area contributed by atoms with Crippen LogP contribution in [-0.2, 0) is 61.7 Å². The van der Waals surface area contributed by atoms with Gasteiger partial charge in [0.2, 0.25) is 0 Å². The summed E-state index contributed by atoms with van der Waals surface area (Å²) < 4.78 is 75.6. The Balaban J connectivity index is 0.776. The van der Waals surface area contributed by atoms with Crippen molar-refractivity contribution in [3.63, 3.8) is 0 Å². The van der Waals surface area contributed by atoms with Crippen molar-refractivity contribution in [2.75, 3.05) is 0 Å². The van der Waals surface area contributed by atoms with E-state index in [1.807, 2.05) is 13.8 Å². The van der Waals surface area contributed by atoms with Crippen LogP contribution in [0.25, 0.3) is 0 Å². The molecule has 0 aromatic carbocycles. The highest BCUT2D eigenvalue weighted by Gasteiger charge is 2.64. The van der Waals surface area contributed by atoms with Gasteiger partial charge in [0.15, 0.2) is 0 Å². The Labute approximate surface area is 377 Å². The van der Waals surface area contributed by atoms with E-state index in [9.17, 15) is 14.7 Å². The molecule has 0 unspecified atom stereocenters. The average Bonchev–Trinajstić information content (AvgIpc) is 3.43. The van der Waals surface area contributed by atoms with Crippen LogP contribution >= 0.6 is 0 Å². The number of hydrogen-bond donors (Lipinski definition) is 1. The highest BCUT2D eigenvalue weighted by Crippen LogP contribution is 2.55. The van der Waals surface area contributed by atoms with Gasteiger partial charge in [0.25, 0.3) is 0 Å². The Morgan fingerprint density at radius 2 is 1.50 bits per heavy atom. The topological polar surface area (TPSA) is 156 Å². The number of fused-ring (bicyclic) bond motifs is 10. The van der Waals surface area contributed by atoms with Crippen LogP contribution < -0.4 is 0 Å². The van der Waals surface area contributed by atoms with Gasteiger partial charge in [0.1, 0.15) is 30.2 Å². The standard InChI is InChI=1S/C50H70O14/c1-25(24-51)14-28-17-37(52)50(8)41(54-28)19-33-34(61-50)18-32-29(55-33)10-9-12-46(4)42(58-32)23-49(7)40(62-46)21-39-47(5,64-49)13-11-30-44(60-39)26(2)15-31-36(56-30)22-48(6)38(57-31)20-35-45(63-48)27(3)16-43(53)59-35/h9-10,16,24,26,28-42,44-45,52H,1,11-15,17-23H2,2-8H3/t26-,28-,29-,30+,31+,32+,33+,34-,35+,36-,37+,38-,39+,40-,41-,42-,44-,45-,46+,47-,48+,49+,50+/m1/s1. The first-order valence-electron chi connectivity index (χ1n) is 24.4. The smallest absolute Gasteiger partial charge is 0.331 e. The van der Waals surface area contributed by atoms with E-state index in [4.69, 9.17) is 52.1 Å². The van der Waals surface area contributed by atoms with Gasteiger partial charge in [-0.3, -0.25) is 4.79 Å². The summed E-state index contributed by atoms with van der Waals surface area (Å²) in [5.74, 6) is -0.146. The van der Waals surface area contributed by atoms with Gasteiger partial charge in [0.05, 0.1) is 108 Å². The minimum atomic E-state index is -0.911. The second kappa shape index (κ2) is 15.7. The summed E-state index contributed by atoms with van der Waals surface area (Å²) >= 11 is 0. The molecule has 0 aromatic heterocycles. The summed E-state index contributed by atoms with van der Waals surface area (Å²) in [7, 11) is 0. The summed E-state index contributed by atoms with van der Waals surface area (Å²) in [5.41, 5.74) is -1.96. The van der Waals surface area contributed by atoms with Crippen LogP contribution in [0.1, 0.15) is 126 Å². The Bertz CT molecular complexity index is 1940. The van der Waals surface area contributed by atoms with E-state index in [-0.39, 0.29) is 110 Å². The van der Waals surface area contributed by atoms with Crippen LogP contribution in [0.5, 0.6) is 0 Å². The summed E-state index contributed by atoms with van der Waals surface area (Å²) in [4.78, 5) is 23.6. The minimum Gasteiger partial charge on any atom is -0.456 e. The highest BCUT2D eigenvalue weighted by atomic mass is 16.7. The van der Waals surface area contributed by atoms with Crippen molar-refractivity contribution in [3.8, 4) is 0 Å². The van der Waals surface area contributed by atoms with Crippen molar-refractivity contribution < 1.29 is 66.8 Å². The van der Waals surface area contributed by atoms with Gasteiger partial charge in [-0.25, -0.2) is 4.79 Å². The van der Waals surface area contributed by atoms with Crippen LogP contribution in [0, 0.1) is 5.92 Å². The van der Waals surface area contributed by atoms with Crippen LogP contribution in [0.2, 0.25) is 0 Å². The third-order valence-electron chi connectivity index (χ3n) is 17.8. The van der Waals surface area contributed by atoms with Crippen LogP contribution in [0.4, 0.5) is 0 Å². The van der Waals surface area contributed by atoms with Gasteiger partial charge in [-0.15, -0.1) is 0 Å². The van der Waals surface area contributed by atoms with E-state index in [1.165, 1.54) is 0 Å². The maximum absolute atomic E-state index is 12.3. The minimum absolute atomic E-state index is 0.116. The van der Waals surface area contributed by atoms with Crippen molar-refractivity contribution in [1.82, 2.24) is 0 Å². The summed E-state index contributed by atoms with van der Waals surface area (Å²) in [5, 5.41) is 11.4. The summed E-state index contributed by atoms with van der Waals surface area (Å²) in [6.45, 7) is 18.7. The largest absolute Gasteiger partial charge is 0.456 e. The molecule has 9 saturated heterocycles. The molecule has 11 aliphatic heterocycles. The molecule has 0 aliphatic carbocycles. The predicted molar refractivity (Wildman–Crippen MR) is 228 cm³/mol. The number of esters is 1. The molecule has 0 amide bonds. The molecule has 23 atom stereocenters. The number of aldehydes is 1. The Hall–Kier alpha value is -2.08. The zero-order chi connectivity index (χ0) is 44.7. The van der Waals surface area contributed by atoms with E-state index in [2.05, 4.69) is 53.3 Å². The van der Waals surface area contributed by atoms with Crippen molar-refractivity contribution in [1.29, 1.82) is 0 Å². The average molecular weight is 895 g/mol. The number of hydrogen-bond acceptors (Lipinski definition) is 14. The number of rotatable bonds is 3. The molecule has 11 heterocycles. The second-order valence-electron chi connectivity index (χ2n) is 22.7. The molecule has 14 heteroatoms. The van der Waals surface area contributed by atoms with E-state index in [1.54, 1.807) is 6.08 Å². The van der Waals surface area contributed by atoms with E-state index in [0.717, 1.165) is 31.1 Å². The maximum Gasteiger partial charge on any atom is 0.331 e. The zero-order valence-corrected chi connectivity index (χ0v) is 38.6. The molecule has 11 rings (SSSR count). The van der Waals surface area contributed by atoms with Gasteiger partial charge in [-0.2, -0.15) is 0 Å². The number of carbonyl (C=O) groups is 2. The van der Waals surface area contributed by atoms with E-state index in [0.29, 0.717) is 63.4 Å². The van der Waals surface area contributed by atoms with Gasteiger partial charge in [0, 0.05) is 57.4 Å². The second-order valence-corrected chi connectivity index (χ2v) is 22.7. The number of aliphatic hydroxyl groups excluding tert-OH is 1. The molecule has 354 valence electrons. The normalized spacial score (nSPS) is 56.4. The van der Waals surface area contributed by atoms with Crippen molar-refractivity contribution >= 4 is 12.3 Å². The SMILES string of the molecule is C=C(C=O)C[C@@H]1C[C@H](O)[C@]2(C)O[C@@H]3C[C@@H]4O[C@@H]5C[C@]6(C)O[C@]7(C)CC[C@@H]8O[C@@H]9C[C@]%10(C)O[C@@H]%11C(C)=CC(=O)O[C@H]%11C[C@H]%10O[C@H]9C[C@@H](C)[C@H]8O[C@H]7C[C@H]6O[C@@]5(C)CC=C[C@H]4O[C@H]3C[C@H]2O1. The molecule has 14 nitrogen and oxygen atoms in total. The van der Waals surface area contributed by atoms with Crippen molar-refractivity contribution in [2.45, 2.75) is 257 Å². The molecule has 1 N–H and O–H groups in total. The van der Waals surface area contributed by atoms with Crippen molar-refractivity contribution in [2.24, 2.45) is 5.92 Å². The Morgan fingerprint density at radius 3 is 2.31 bits per heavy atom. The lowest BCUT2D eigenvalue weighted by Gasteiger charge is -2.60. The Morgan fingerprint density at radius 1 is 0.734 bits per heavy atom. The fraction of sp³-hybridized carbons (Fsp3) is 0.840. The highest BCUT2D eigenvalue weighted by molar-refractivity contribution is 5.84. The first-order chi connectivity index (χ1) is 30.4. The van der Waals surface area contributed by atoms with Crippen LogP contribution in [0.3, 0.4) is 0 Å². The lowest BCUT2D eigenvalue weighted by molar-refractivity contribution is -0.356. The molecule has 0 spiro atoms. The fourth-order valence-corrected chi connectivity index (χ4v) is 14.0. The lowest BCUT2D eigenvalue weighted by Crippen LogP contribution is -2.70. The van der Waals surface area contributed by atoms with Crippen LogP contribution in [-0.4, -0.2) is 149 Å². The monoisotopic (exact) mass is 894 g/mol. The molecule has 9 fully saturated rings. The van der Waals surface area contributed by atoms with Gasteiger partial charge >= 0.3 is 5.97 Å². The number of aliphatic hydroxyl groups is 1. The van der Waals surface area contributed by atoms with Crippen LogP contribution in [0.15, 0.2) is 36.0 Å². The maximum atomic E-state index is 12.3. The van der Waals surface area contributed by atoms with Gasteiger partial charge < -0.3 is 57.2 Å². The third-order valence-corrected chi connectivity index (χ3v) is 17.8. The van der Waals surface area contributed by atoms with Gasteiger partial charge in [-0.1, -0.05) is 25.7 Å². The Kier molecular flexibility index (Phi) is 10.9. The molecular formula is C50H70O14. The summed E-state index contributed by atoms with van der Waals surface area (Å²) in [6.07, 6.45) is 9.57. The molecule has 11 aliphatic rings. The molecule has 0 saturated carbocycles. The van der Waals surface area contributed by atoms with Crippen molar-refractivity contribution in [3.05, 3.63) is 36.0 Å². The molecule has 0 bridgehead atoms. The van der Waals surface area contributed by atoms with E-state index >= 15 is 0 Å².